The van der Waals surface area contributed by atoms with E-state index in [4.69, 9.17) is 14.2 Å². The van der Waals surface area contributed by atoms with E-state index in [0.29, 0.717) is 5.57 Å². The summed E-state index contributed by atoms with van der Waals surface area (Å²) in [6, 6.07) is 0. The Morgan fingerprint density at radius 1 is 1.30 bits per heavy atom. The molecule has 4 aliphatic rings. The Balaban J connectivity index is 2.13. The summed E-state index contributed by atoms with van der Waals surface area (Å²) >= 11 is 0. The number of fused-ring (bicyclic) bond motifs is 1. The van der Waals surface area contributed by atoms with E-state index in [-0.39, 0.29) is 23.5 Å². The first kappa shape index (κ1) is 13.5. The highest BCUT2D eigenvalue weighted by Crippen LogP contribution is 2.56. The average Bonchev–Trinajstić information content (AvgIpc) is 2.97. The average molecular weight is 278 g/mol. The third-order valence-electron chi connectivity index (χ3n) is 4.89. The van der Waals surface area contributed by atoms with Crippen LogP contribution in [0.4, 0.5) is 0 Å². The van der Waals surface area contributed by atoms with Crippen LogP contribution in [-0.2, 0) is 23.8 Å². The molecule has 0 radical (unpaired) electrons. The molecule has 108 valence electrons. The molecule has 1 fully saturated rings. The maximum atomic E-state index is 12.8. The Bertz CT molecular complexity index is 514. The Kier molecular flexibility index (Phi) is 3.06. The second-order valence-electron chi connectivity index (χ2n) is 5.46. The van der Waals surface area contributed by atoms with Gasteiger partial charge < -0.3 is 14.2 Å². The molecule has 0 aliphatic heterocycles. The number of esters is 1. The van der Waals surface area contributed by atoms with Crippen LogP contribution in [0.3, 0.4) is 0 Å². The van der Waals surface area contributed by atoms with Gasteiger partial charge in [0.2, 0.25) is 11.6 Å². The molecule has 0 aromatic heterocycles. The molecule has 0 aromatic rings. The summed E-state index contributed by atoms with van der Waals surface area (Å²) in [4.78, 5) is 24.7. The van der Waals surface area contributed by atoms with Crippen LogP contribution in [0.5, 0.6) is 0 Å². The van der Waals surface area contributed by atoms with Crippen LogP contribution in [0.25, 0.3) is 0 Å². The van der Waals surface area contributed by atoms with Crippen molar-refractivity contribution in [1.29, 1.82) is 0 Å². The van der Waals surface area contributed by atoms with E-state index in [9.17, 15) is 9.59 Å². The molecule has 0 N–H and O–H groups in total. The SMILES string of the molecule is COC(=O)C1=C[C@@H]2C3CC=CC3[C@@H]1C(=O)C2(OC)OC. The third-order valence-corrected chi connectivity index (χ3v) is 4.89. The van der Waals surface area contributed by atoms with Crippen molar-refractivity contribution in [3.8, 4) is 0 Å². The van der Waals surface area contributed by atoms with Gasteiger partial charge in [-0.15, -0.1) is 0 Å². The number of carbonyl (C=O) groups is 2. The van der Waals surface area contributed by atoms with Gasteiger partial charge in [0.15, 0.2) is 0 Å². The van der Waals surface area contributed by atoms with Gasteiger partial charge in [0.05, 0.1) is 13.0 Å². The summed E-state index contributed by atoms with van der Waals surface area (Å²) < 4.78 is 15.7. The van der Waals surface area contributed by atoms with Crippen LogP contribution >= 0.6 is 0 Å². The van der Waals surface area contributed by atoms with Crippen LogP contribution in [0, 0.1) is 23.7 Å². The minimum atomic E-state index is -1.27. The fourth-order valence-corrected chi connectivity index (χ4v) is 4.02. The Morgan fingerprint density at radius 2 is 2.00 bits per heavy atom. The molecule has 1 saturated carbocycles. The van der Waals surface area contributed by atoms with Gasteiger partial charge in [-0.05, 0) is 18.3 Å². The quantitative estimate of drug-likeness (QED) is 0.439. The standard InChI is InChI=1S/C15H18O5/c1-18-14(17)10-7-11-8-5-4-6-9(8)12(10)13(16)15(11,19-2)20-3/h4,6-9,11-12H,5H2,1-3H3/t8?,9?,11-,12+/m1/s1. The molecule has 5 heteroatoms. The summed E-state index contributed by atoms with van der Waals surface area (Å²) in [6.45, 7) is 0. The lowest BCUT2D eigenvalue weighted by Gasteiger charge is -2.52. The number of Topliss-reactive ketones (excluding diaryl/α,β-unsaturated/α-hetero) is 1. The van der Waals surface area contributed by atoms with Crippen molar-refractivity contribution < 1.29 is 23.8 Å². The summed E-state index contributed by atoms with van der Waals surface area (Å²) in [5, 5.41) is 0. The molecule has 0 heterocycles. The molecule has 2 bridgehead atoms. The van der Waals surface area contributed by atoms with Gasteiger partial charge in [-0.1, -0.05) is 18.2 Å². The Hall–Kier alpha value is -1.46. The number of rotatable bonds is 3. The van der Waals surface area contributed by atoms with Gasteiger partial charge in [-0.2, -0.15) is 0 Å². The van der Waals surface area contributed by atoms with Crippen LogP contribution < -0.4 is 0 Å². The lowest BCUT2D eigenvalue weighted by Crippen LogP contribution is -2.63. The van der Waals surface area contributed by atoms with E-state index in [1.165, 1.54) is 21.3 Å². The highest BCUT2D eigenvalue weighted by molar-refractivity contribution is 6.03. The first-order chi connectivity index (χ1) is 9.60. The van der Waals surface area contributed by atoms with Gasteiger partial charge in [0.1, 0.15) is 0 Å². The van der Waals surface area contributed by atoms with Crippen molar-refractivity contribution in [2.45, 2.75) is 12.2 Å². The van der Waals surface area contributed by atoms with Gasteiger partial charge in [0.25, 0.3) is 0 Å². The van der Waals surface area contributed by atoms with E-state index >= 15 is 0 Å². The molecular weight excluding hydrogens is 260 g/mol. The number of ether oxygens (including phenoxy) is 3. The molecule has 20 heavy (non-hydrogen) atoms. The third kappa shape index (κ3) is 1.45. The number of ketones is 1. The molecule has 4 rings (SSSR count). The van der Waals surface area contributed by atoms with Crippen molar-refractivity contribution >= 4 is 11.8 Å². The lowest BCUT2D eigenvalue weighted by atomic mass is 9.57. The largest absolute Gasteiger partial charge is 0.466 e. The fraction of sp³-hybridized carbons (Fsp3) is 0.600. The summed E-state index contributed by atoms with van der Waals surface area (Å²) in [5.74, 6) is -2.39. The van der Waals surface area contributed by atoms with Crippen molar-refractivity contribution in [1.82, 2.24) is 0 Å². The van der Waals surface area contributed by atoms with E-state index in [1.54, 1.807) is 0 Å². The zero-order chi connectivity index (χ0) is 14.5. The molecule has 0 amide bonds. The monoisotopic (exact) mass is 278 g/mol. The molecule has 5 nitrogen and oxygen atoms in total. The van der Waals surface area contributed by atoms with Crippen LogP contribution in [0.1, 0.15) is 6.42 Å². The molecule has 4 aliphatic carbocycles. The predicted octanol–water partition coefficient (Wildman–Crippen LogP) is 1.10. The van der Waals surface area contributed by atoms with Gasteiger partial charge >= 0.3 is 5.97 Å². The molecule has 0 spiro atoms. The lowest BCUT2D eigenvalue weighted by molar-refractivity contribution is -0.248. The first-order valence-electron chi connectivity index (χ1n) is 6.72. The van der Waals surface area contributed by atoms with E-state index in [0.717, 1.165) is 6.42 Å². The van der Waals surface area contributed by atoms with Crippen molar-refractivity contribution in [2.75, 3.05) is 21.3 Å². The number of allylic oxidation sites excluding steroid dienone is 2. The van der Waals surface area contributed by atoms with E-state index in [2.05, 4.69) is 6.08 Å². The minimum Gasteiger partial charge on any atom is -0.466 e. The van der Waals surface area contributed by atoms with Crippen LogP contribution in [-0.4, -0.2) is 38.9 Å². The zero-order valence-corrected chi connectivity index (χ0v) is 11.8. The van der Waals surface area contributed by atoms with Gasteiger partial charge in [-0.25, -0.2) is 4.79 Å². The second-order valence-corrected chi connectivity index (χ2v) is 5.46. The molecular formula is C15H18O5. The van der Waals surface area contributed by atoms with E-state index in [1.807, 2.05) is 12.2 Å². The van der Waals surface area contributed by atoms with Crippen LogP contribution in [0.15, 0.2) is 23.8 Å². The Morgan fingerprint density at radius 3 is 2.60 bits per heavy atom. The maximum Gasteiger partial charge on any atom is 0.334 e. The molecule has 2 unspecified atom stereocenters. The number of hydrogen-bond acceptors (Lipinski definition) is 5. The normalized spacial score (nSPS) is 36.8. The number of carbonyl (C=O) groups excluding carboxylic acids is 2. The van der Waals surface area contributed by atoms with Crippen molar-refractivity contribution in [2.24, 2.45) is 23.7 Å². The molecule has 4 atom stereocenters. The fourth-order valence-electron chi connectivity index (χ4n) is 4.02. The molecule has 0 saturated heterocycles. The maximum absolute atomic E-state index is 12.8. The molecule has 0 aromatic carbocycles. The van der Waals surface area contributed by atoms with Crippen LogP contribution in [0.2, 0.25) is 0 Å². The van der Waals surface area contributed by atoms with Crippen molar-refractivity contribution in [3.63, 3.8) is 0 Å². The number of hydrogen-bond donors (Lipinski definition) is 0. The number of methoxy groups -OCH3 is 3. The predicted molar refractivity (Wildman–Crippen MR) is 69.6 cm³/mol. The zero-order valence-electron chi connectivity index (χ0n) is 11.8. The Labute approximate surface area is 117 Å². The smallest absolute Gasteiger partial charge is 0.334 e. The topological polar surface area (TPSA) is 61.8 Å². The highest BCUT2D eigenvalue weighted by Gasteiger charge is 2.64. The van der Waals surface area contributed by atoms with Gasteiger partial charge in [0, 0.05) is 25.7 Å². The van der Waals surface area contributed by atoms with Crippen molar-refractivity contribution in [3.05, 3.63) is 23.8 Å². The second kappa shape index (κ2) is 4.53. The highest BCUT2D eigenvalue weighted by atomic mass is 16.7. The van der Waals surface area contributed by atoms with E-state index < -0.39 is 17.7 Å². The van der Waals surface area contributed by atoms with Gasteiger partial charge in [-0.3, -0.25) is 4.79 Å². The summed E-state index contributed by atoms with van der Waals surface area (Å²) in [7, 11) is 4.29. The minimum absolute atomic E-state index is 0.0463. The first-order valence-corrected chi connectivity index (χ1v) is 6.72. The summed E-state index contributed by atoms with van der Waals surface area (Å²) in [6.07, 6.45) is 6.79. The summed E-state index contributed by atoms with van der Waals surface area (Å²) in [5.41, 5.74) is 0.444.